The molecule has 3 heterocycles. The van der Waals surface area contributed by atoms with E-state index in [1.54, 1.807) is 17.3 Å². The SMILES string of the molecule is Cc1ccc(-n2nccn2)c(C(=O)N2CCCC2c2noc(-c3cccc(Cl)c3C)n2)c1. The van der Waals surface area contributed by atoms with E-state index >= 15 is 0 Å². The lowest BCUT2D eigenvalue weighted by molar-refractivity contribution is 0.0728. The van der Waals surface area contributed by atoms with Crippen molar-refractivity contribution in [2.45, 2.75) is 32.7 Å². The third-order valence-corrected chi connectivity index (χ3v) is 6.18. The topological polar surface area (TPSA) is 89.9 Å². The number of hydrogen-bond acceptors (Lipinski definition) is 6. The molecule has 1 aliphatic rings. The maximum Gasteiger partial charge on any atom is 0.258 e. The molecular weight excluding hydrogens is 428 g/mol. The maximum atomic E-state index is 13.6. The summed E-state index contributed by atoms with van der Waals surface area (Å²) in [6.07, 6.45) is 4.80. The zero-order valence-electron chi connectivity index (χ0n) is 17.7. The van der Waals surface area contributed by atoms with Crippen LogP contribution in [-0.4, -0.2) is 42.5 Å². The normalized spacial score (nSPS) is 16.0. The Bertz CT molecular complexity index is 1280. The molecule has 1 aliphatic heterocycles. The van der Waals surface area contributed by atoms with Gasteiger partial charge in [-0.25, -0.2) is 0 Å². The van der Waals surface area contributed by atoms with Crippen molar-refractivity contribution in [1.82, 2.24) is 30.0 Å². The number of nitrogens with zero attached hydrogens (tertiary/aromatic N) is 6. The molecule has 0 N–H and O–H groups in total. The minimum Gasteiger partial charge on any atom is -0.334 e. The van der Waals surface area contributed by atoms with Gasteiger partial charge in [0.25, 0.3) is 11.8 Å². The first-order valence-electron chi connectivity index (χ1n) is 10.4. The van der Waals surface area contributed by atoms with Gasteiger partial charge in [-0.2, -0.15) is 20.0 Å². The molecule has 2 aromatic carbocycles. The molecule has 0 saturated carbocycles. The van der Waals surface area contributed by atoms with Gasteiger partial charge in [0.2, 0.25) is 0 Å². The van der Waals surface area contributed by atoms with E-state index in [9.17, 15) is 4.79 Å². The van der Waals surface area contributed by atoms with E-state index in [4.69, 9.17) is 16.1 Å². The second kappa shape index (κ2) is 8.20. The molecule has 2 aromatic heterocycles. The van der Waals surface area contributed by atoms with Gasteiger partial charge < -0.3 is 9.42 Å². The van der Waals surface area contributed by atoms with Crippen LogP contribution in [0.5, 0.6) is 0 Å². The van der Waals surface area contributed by atoms with Crippen LogP contribution in [-0.2, 0) is 0 Å². The predicted molar refractivity (Wildman–Crippen MR) is 119 cm³/mol. The lowest BCUT2D eigenvalue weighted by atomic mass is 10.1. The first-order valence-corrected chi connectivity index (χ1v) is 10.8. The maximum absolute atomic E-state index is 13.6. The Morgan fingerprint density at radius 1 is 1.16 bits per heavy atom. The molecule has 0 bridgehead atoms. The summed E-state index contributed by atoms with van der Waals surface area (Å²) >= 11 is 6.25. The number of aryl methyl sites for hydroxylation is 1. The van der Waals surface area contributed by atoms with Crippen LogP contribution in [0.4, 0.5) is 0 Å². The van der Waals surface area contributed by atoms with Crippen LogP contribution in [0.3, 0.4) is 0 Å². The zero-order valence-corrected chi connectivity index (χ0v) is 18.5. The van der Waals surface area contributed by atoms with Crippen LogP contribution in [0.25, 0.3) is 17.1 Å². The molecule has 1 atom stereocenters. The number of rotatable bonds is 4. The van der Waals surface area contributed by atoms with Gasteiger partial charge in [0.15, 0.2) is 5.82 Å². The average molecular weight is 449 g/mol. The molecule has 32 heavy (non-hydrogen) atoms. The van der Waals surface area contributed by atoms with Gasteiger partial charge in [0, 0.05) is 17.1 Å². The van der Waals surface area contributed by atoms with Crippen molar-refractivity contribution in [3.8, 4) is 17.1 Å². The number of carbonyl (C=O) groups excluding carboxylic acids is 1. The van der Waals surface area contributed by atoms with E-state index in [2.05, 4.69) is 20.3 Å². The fraction of sp³-hybridized carbons (Fsp3) is 0.261. The van der Waals surface area contributed by atoms with Crippen LogP contribution >= 0.6 is 11.6 Å². The molecule has 0 spiro atoms. The lowest BCUT2D eigenvalue weighted by Gasteiger charge is -2.23. The van der Waals surface area contributed by atoms with Gasteiger partial charge in [-0.05, 0) is 56.5 Å². The summed E-state index contributed by atoms with van der Waals surface area (Å²) in [6.45, 7) is 4.48. The second-order valence-electron chi connectivity index (χ2n) is 7.87. The number of aromatic nitrogens is 5. The molecule has 1 fully saturated rings. The molecule has 0 aliphatic carbocycles. The highest BCUT2D eigenvalue weighted by Gasteiger charge is 2.35. The van der Waals surface area contributed by atoms with Crippen molar-refractivity contribution in [3.63, 3.8) is 0 Å². The Labute approximate surface area is 189 Å². The summed E-state index contributed by atoms with van der Waals surface area (Å²) in [6, 6.07) is 11.0. The third-order valence-electron chi connectivity index (χ3n) is 5.77. The largest absolute Gasteiger partial charge is 0.334 e. The van der Waals surface area contributed by atoms with E-state index in [1.165, 1.54) is 4.80 Å². The van der Waals surface area contributed by atoms with Crippen LogP contribution in [0, 0.1) is 13.8 Å². The van der Waals surface area contributed by atoms with Gasteiger partial charge in [0.05, 0.1) is 29.7 Å². The number of hydrogen-bond donors (Lipinski definition) is 0. The first kappa shape index (κ1) is 20.4. The van der Waals surface area contributed by atoms with Crippen molar-refractivity contribution < 1.29 is 9.32 Å². The number of benzene rings is 2. The number of halogens is 1. The second-order valence-corrected chi connectivity index (χ2v) is 8.27. The van der Waals surface area contributed by atoms with Crippen molar-refractivity contribution in [2.75, 3.05) is 6.54 Å². The predicted octanol–water partition coefficient (Wildman–Crippen LogP) is 4.56. The van der Waals surface area contributed by atoms with Gasteiger partial charge in [-0.3, -0.25) is 4.79 Å². The molecule has 8 nitrogen and oxygen atoms in total. The summed E-state index contributed by atoms with van der Waals surface area (Å²) in [4.78, 5) is 21.5. The van der Waals surface area contributed by atoms with Crippen LogP contribution < -0.4 is 0 Å². The number of carbonyl (C=O) groups is 1. The van der Waals surface area contributed by atoms with Gasteiger partial charge in [0.1, 0.15) is 0 Å². The number of amides is 1. The van der Waals surface area contributed by atoms with Crippen molar-refractivity contribution in [1.29, 1.82) is 0 Å². The van der Waals surface area contributed by atoms with Gasteiger partial charge >= 0.3 is 0 Å². The Balaban J connectivity index is 1.48. The minimum absolute atomic E-state index is 0.103. The highest BCUT2D eigenvalue weighted by Crippen LogP contribution is 2.34. The molecule has 5 rings (SSSR count). The Morgan fingerprint density at radius 3 is 2.78 bits per heavy atom. The van der Waals surface area contributed by atoms with Crippen LogP contribution in [0.15, 0.2) is 53.3 Å². The summed E-state index contributed by atoms with van der Waals surface area (Å²) in [7, 11) is 0. The van der Waals surface area contributed by atoms with Crippen molar-refractivity contribution in [3.05, 3.63) is 76.3 Å². The summed E-state index contributed by atoms with van der Waals surface area (Å²) in [5.41, 5.74) is 3.83. The Kier molecular flexibility index (Phi) is 5.22. The monoisotopic (exact) mass is 448 g/mol. The van der Waals surface area contributed by atoms with Gasteiger partial charge in [-0.15, -0.1) is 0 Å². The third kappa shape index (κ3) is 3.56. The quantitative estimate of drug-likeness (QED) is 0.454. The molecule has 0 radical (unpaired) electrons. The Morgan fingerprint density at radius 2 is 1.97 bits per heavy atom. The van der Waals surface area contributed by atoms with Gasteiger partial charge in [-0.1, -0.05) is 34.5 Å². The van der Waals surface area contributed by atoms with E-state index in [1.807, 2.05) is 50.2 Å². The van der Waals surface area contributed by atoms with E-state index in [0.29, 0.717) is 34.5 Å². The highest BCUT2D eigenvalue weighted by molar-refractivity contribution is 6.31. The average Bonchev–Trinajstić information content (AvgIpc) is 3.56. The highest BCUT2D eigenvalue weighted by atomic mass is 35.5. The minimum atomic E-state index is -0.265. The van der Waals surface area contributed by atoms with Crippen molar-refractivity contribution >= 4 is 17.5 Å². The zero-order chi connectivity index (χ0) is 22.2. The standard InChI is InChI=1S/C23H21ClN6O2/c1-14-8-9-19(30-25-10-11-26-30)17(13-14)23(31)29-12-4-7-20(29)21-27-22(32-28-21)16-5-3-6-18(24)15(16)2/h3,5-6,8-11,13,20H,4,7,12H2,1-2H3. The smallest absolute Gasteiger partial charge is 0.258 e. The summed E-state index contributed by atoms with van der Waals surface area (Å²) < 4.78 is 5.55. The molecule has 9 heteroatoms. The summed E-state index contributed by atoms with van der Waals surface area (Å²) in [5, 5.41) is 13.2. The van der Waals surface area contributed by atoms with Crippen LogP contribution in [0.2, 0.25) is 5.02 Å². The van der Waals surface area contributed by atoms with E-state index in [0.717, 1.165) is 29.5 Å². The fourth-order valence-electron chi connectivity index (χ4n) is 4.09. The number of likely N-dealkylation sites (tertiary alicyclic amines) is 1. The van der Waals surface area contributed by atoms with Crippen molar-refractivity contribution in [2.24, 2.45) is 0 Å². The first-order chi connectivity index (χ1) is 15.5. The Hall–Kier alpha value is -3.52. The molecule has 1 amide bonds. The molecule has 1 saturated heterocycles. The lowest BCUT2D eigenvalue weighted by Crippen LogP contribution is -2.32. The molecule has 162 valence electrons. The molecular formula is C23H21ClN6O2. The fourth-order valence-corrected chi connectivity index (χ4v) is 4.26. The molecule has 4 aromatic rings. The van der Waals surface area contributed by atoms with E-state index in [-0.39, 0.29) is 11.9 Å². The summed E-state index contributed by atoms with van der Waals surface area (Å²) in [5.74, 6) is 0.793. The van der Waals surface area contributed by atoms with E-state index < -0.39 is 0 Å². The van der Waals surface area contributed by atoms with Crippen LogP contribution in [0.1, 0.15) is 46.2 Å². The molecule has 1 unspecified atom stereocenters.